The minimum atomic E-state index is -0.584. The lowest BCUT2D eigenvalue weighted by Gasteiger charge is -2.35. The summed E-state index contributed by atoms with van der Waals surface area (Å²) in [5, 5.41) is 11.5. The number of hydrogen-bond acceptors (Lipinski definition) is 6. The smallest absolute Gasteiger partial charge is 0.326 e. The van der Waals surface area contributed by atoms with Crippen molar-refractivity contribution >= 4 is 22.4 Å². The molecule has 0 saturated carbocycles. The van der Waals surface area contributed by atoms with Gasteiger partial charge in [-0.05, 0) is 25.0 Å². The minimum absolute atomic E-state index is 0.0423. The van der Waals surface area contributed by atoms with E-state index in [2.05, 4.69) is 10.3 Å². The zero-order valence-electron chi connectivity index (χ0n) is 13.5. The Morgan fingerprint density at radius 3 is 2.56 bits per heavy atom. The highest BCUT2D eigenvalue weighted by Gasteiger charge is 2.30. The van der Waals surface area contributed by atoms with E-state index >= 15 is 0 Å². The Bertz CT molecular complexity index is 1050. The summed E-state index contributed by atoms with van der Waals surface area (Å²) in [7, 11) is 0. The van der Waals surface area contributed by atoms with E-state index in [4.69, 9.17) is 5.11 Å². The number of piperidine rings is 1. The van der Waals surface area contributed by atoms with Gasteiger partial charge in [-0.3, -0.25) is 14.2 Å². The van der Waals surface area contributed by atoms with E-state index in [0.717, 1.165) is 11.0 Å². The Kier molecular flexibility index (Phi) is 3.69. The van der Waals surface area contributed by atoms with Crippen molar-refractivity contribution in [3.63, 3.8) is 0 Å². The first kappa shape index (κ1) is 15.6. The van der Waals surface area contributed by atoms with Gasteiger partial charge in [0.1, 0.15) is 18.1 Å². The molecule has 1 aromatic heterocycles. The monoisotopic (exact) mass is 342 g/mol. The first-order valence-electron chi connectivity index (χ1n) is 8.24. The van der Waals surface area contributed by atoms with Crippen LogP contribution in [0.4, 0.5) is 11.4 Å². The van der Waals surface area contributed by atoms with E-state index in [1.54, 1.807) is 4.57 Å². The predicted octanol–water partition coefficient (Wildman–Crippen LogP) is 0.129. The summed E-state index contributed by atoms with van der Waals surface area (Å²) < 4.78 is 1.78. The number of hydrogen-bond donors (Lipinski definition) is 3. The number of H-pyrrole nitrogens is 1. The van der Waals surface area contributed by atoms with Crippen molar-refractivity contribution in [2.75, 3.05) is 30.0 Å². The molecule has 25 heavy (non-hydrogen) atoms. The lowest BCUT2D eigenvalue weighted by molar-refractivity contribution is 0.325. The number of para-hydroxylation sites is 2. The van der Waals surface area contributed by atoms with Gasteiger partial charge in [0, 0.05) is 19.1 Å². The average molecular weight is 342 g/mol. The van der Waals surface area contributed by atoms with Crippen LogP contribution in [0.15, 0.2) is 38.6 Å². The fraction of sp³-hybridized carbons (Fsp3) is 0.353. The summed E-state index contributed by atoms with van der Waals surface area (Å²) >= 11 is 0. The summed E-state index contributed by atoms with van der Waals surface area (Å²) in [4.78, 5) is 40.5. The second kappa shape index (κ2) is 5.89. The van der Waals surface area contributed by atoms with E-state index in [9.17, 15) is 14.4 Å². The van der Waals surface area contributed by atoms with Crippen LogP contribution in [-0.2, 0) is 0 Å². The van der Waals surface area contributed by atoms with Crippen LogP contribution < -0.4 is 26.8 Å². The molecule has 8 heteroatoms. The van der Waals surface area contributed by atoms with Crippen LogP contribution in [0.1, 0.15) is 18.9 Å². The van der Waals surface area contributed by atoms with Crippen molar-refractivity contribution in [2.24, 2.45) is 0 Å². The van der Waals surface area contributed by atoms with Gasteiger partial charge in [0.2, 0.25) is 0 Å². The summed E-state index contributed by atoms with van der Waals surface area (Å²) in [5.41, 5.74) is 1.00. The average Bonchev–Trinajstić information content (AvgIpc) is 2.97. The van der Waals surface area contributed by atoms with Gasteiger partial charge in [0.05, 0.1) is 11.0 Å². The number of rotatable bonds is 4. The van der Waals surface area contributed by atoms with E-state index in [-0.39, 0.29) is 24.1 Å². The maximum atomic E-state index is 12.3. The number of aromatic amines is 1. The molecule has 0 atom stereocenters. The zero-order chi connectivity index (χ0) is 17.6. The van der Waals surface area contributed by atoms with Crippen molar-refractivity contribution in [2.45, 2.75) is 18.9 Å². The molecular formula is C17H18N4O4. The lowest BCUT2D eigenvalue weighted by Crippen LogP contribution is -2.46. The molecule has 0 amide bonds. The maximum Gasteiger partial charge on any atom is 0.326 e. The number of nitrogens with zero attached hydrogens (tertiary/aromatic N) is 2. The molecule has 0 bridgehead atoms. The van der Waals surface area contributed by atoms with Gasteiger partial charge in [-0.1, -0.05) is 12.1 Å². The van der Waals surface area contributed by atoms with Crippen LogP contribution in [0.5, 0.6) is 0 Å². The fourth-order valence-corrected chi connectivity index (χ4v) is 3.71. The summed E-state index contributed by atoms with van der Waals surface area (Å²) in [6.07, 6.45) is 1.39. The topological polar surface area (TPSA) is 107 Å². The van der Waals surface area contributed by atoms with Crippen molar-refractivity contribution in [1.82, 2.24) is 9.55 Å². The standard InChI is InChI=1S/C17H18N4O4/c22-9-18-13-14(16(24)15(13)23)20-7-5-10(6-8-20)21-12-4-2-1-3-11(12)19-17(21)25/h1-4,10,18,22H,5-9H2,(H,19,25). The summed E-state index contributed by atoms with van der Waals surface area (Å²) in [6, 6.07) is 7.61. The molecule has 3 aromatic rings. The molecular weight excluding hydrogens is 324 g/mol. The van der Waals surface area contributed by atoms with Crippen LogP contribution in [0.3, 0.4) is 0 Å². The molecule has 1 aliphatic rings. The first-order valence-corrected chi connectivity index (χ1v) is 8.24. The second-order valence-electron chi connectivity index (χ2n) is 6.25. The molecule has 0 radical (unpaired) electrons. The molecule has 4 rings (SSSR count). The van der Waals surface area contributed by atoms with Crippen molar-refractivity contribution in [1.29, 1.82) is 0 Å². The molecule has 2 heterocycles. The van der Waals surface area contributed by atoms with E-state index < -0.39 is 10.9 Å². The van der Waals surface area contributed by atoms with Gasteiger partial charge >= 0.3 is 5.69 Å². The van der Waals surface area contributed by atoms with Crippen molar-refractivity contribution in [3.05, 3.63) is 55.2 Å². The quantitative estimate of drug-likeness (QED) is 0.459. The summed E-state index contributed by atoms with van der Waals surface area (Å²) in [6.45, 7) is 0.752. The number of fused-ring (bicyclic) bond motifs is 1. The largest absolute Gasteiger partial charge is 0.377 e. The van der Waals surface area contributed by atoms with Crippen LogP contribution >= 0.6 is 0 Å². The van der Waals surface area contributed by atoms with Gasteiger partial charge in [-0.2, -0.15) is 0 Å². The van der Waals surface area contributed by atoms with Crippen LogP contribution in [0, 0.1) is 0 Å². The lowest BCUT2D eigenvalue weighted by atomic mass is 10.0. The first-order chi connectivity index (χ1) is 12.1. The van der Waals surface area contributed by atoms with Crippen LogP contribution in [-0.4, -0.2) is 34.5 Å². The van der Waals surface area contributed by atoms with Gasteiger partial charge in [0.15, 0.2) is 0 Å². The Balaban J connectivity index is 1.57. The number of benzene rings is 1. The molecule has 1 fully saturated rings. The summed E-state index contributed by atoms with van der Waals surface area (Å²) in [5.74, 6) is 0. The van der Waals surface area contributed by atoms with Crippen LogP contribution in [0.25, 0.3) is 11.0 Å². The highest BCUT2D eigenvalue weighted by molar-refractivity contribution is 5.76. The SMILES string of the molecule is O=c1c(NCO)c(N2CCC(n3c(=O)[nH]c4ccccc43)CC2)c1=O. The number of anilines is 2. The second-order valence-corrected chi connectivity index (χ2v) is 6.25. The van der Waals surface area contributed by atoms with Gasteiger partial charge < -0.3 is 20.3 Å². The van der Waals surface area contributed by atoms with Crippen molar-refractivity contribution in [3.8, 4) is 0 Å². The van der Waals surface area contributed by atoms with Crippen LogP contribution in [0.2, 0.25) is 0 Å². The minimum Gasteiger partial charge on any atom is -0.377 e. The van der Waals surface area contributed by atoms with E-state index in [1.807, 2.05) is 29.2 Å². The normalized spacial score (nSPS) is 16.0. The number of aliphatic hydroxyl groups excluding tert-OH is 1. The molecule has 8 nitrogen and oxygen atoms in total. The molecule has 0 spiro atoms. The number of aliphatic hydroxyl groups is 1. The Morgan fingerprint density at radius 1 is 1.12 bits per heavy atom. The number of aromatic nitrogens is 2. The highest BCUT2D eigenvalue weighted by Crippen LogP contribution is 2.29. The van der Waals surface area contributed by atoms with Crippen molar-refractivity contribution < 1.29 is 5.11 Å². The Morgan fingerprint density at radius 2 is 1.84 bits per heavy atom. The number of imidazole rings is 1. The molecule has 2 aromatic carbocycles. The molecule has 130 valence electrons. The third-order valence-corrected chi connectivity index (χ3v) is 4.91. The van der Waals surface area contributed by atoms with Gasteiger partial charge in [0.25, 0.3) is 10.9 Å². The van der Waals surface area contributed by atoms with Gasteiger partial charge in [-0.25, -0.2) is 4.79 Å². The third kappa shape index (κ3) is 2.37. The molecule has 1 saturated heterocycles. The van der Waals surface area contributed by atoms with Gasteiger partial charge in [-0.15, -0.1) is 0 Å². The molecule has 0 aliphatic carbocycles. The Hall–Kier alpha value is -2.87. The van der Waals surface area contributed by atoms with E-state index in [1.165, 1.54) is 0 Å². The predicted molar refractivity (Wildman–Crippen MR) is 95.1 cm³/mol. The molecule has 3 N–H and O–H groups in total. The maximum absolute atomic E-state index is 12.3. The third-order valence-electron chi connectivity index (χ3n) is 4.91. The van der Waals surface area contributed by atoms with E-state index in [0.29, 0.717) is 31.6 Å². The Labute approximate surface area is 142 Å². The zero-order valence-corrected chi connectivity index (χ0v) is 13.5. The number of nitrogens with one attached hydrogen (secondary N) is 2. The fourth-order valence-electron chi connectivity index (χ4n) is 3.71. The molecule has 0 unspecified atom stereocenters. The highest BCUT2D eigenvalue weighted by atomic mass is 16.3. The molecule has 1 aliphatic heterocycles.